The average molecular weight is 346 g/mol. The van der Waals surface area contributed by atoms with Crippen molar-refractivity contribution in [1.29, 1.82) is 0 Å². The van der Waals surface area contributed by atoms with Gasteiger partial charge in [-0.25, -0.2) is 0 Å². The van der Waals surface area contributed by atoms with Gasteiger partial charge in [0.2, 0.25) is 0 Å². The van der Waals surface area contributed by atoms with Gasteiger partial charge in [0.25, 0.3) is 0 Å². The van der Waals surface area contributed by atoms with Gasteiger partial charge in [0.1, 0.15) is 0 Å². The lowest BCUT2D eigenvalue weighted by molar-refractivity contribution is -0.190. The Bertz CT molecular complexity index is 685. The molecule has 0 amide bonds. The molecule has 4 fully saturated rings. The third-order valence-corrected chi connectivity index (χ3v) is 8.83. The average Bonchev–Trinajstić information content (AvgIpc) is 2.95. The smallest absolute Gasteiger partial charge is 0.164 e. The van der Waals surface area contributed by atoms with Crippen molar-refractivity contribution < 1.29 is 20.1 Å². The summed E-state index contributed by atoms with van der Waals surface area (Å²) in [6.07, 6.45) is 5.45. The van der Waals surface area contributed by atoms with Gasteiger partial charge in [0.15, 0.2) is 6.29 Å². The fourth-order valence-corrected chi connectivity index (χ4v) is 8.04. The Balaban J connectivity index is 1.76. The zero-order valence-corrected chi connectivity index (χ0v) is 15.4. The van der Waals surface area contributed by atoms with Crippen LogP contribution in [0.4, 0.5) is 0 Å². The van der Waals surface area contributed by atoms with Gasteiger partial charge < -0.3 is 20.1 Å². The molecule has 5 aliphatic rings. The van der Waals surface area contributed by atoms with Crippen molar-refractivity contribution in [1.82, 2.24) is 0 Å². The Morgan fingerprint density at radius 1 is 1.32 bits per heavy atom. The molecule has 3 N–H and O–H groups in total. The van der Waals surface area contributed by atoms with Crippen LogP contribution in [-0.2, 0) is 4.74 Å². The molecule has 5 rings (SSSR count). The van der Waals surface area contributed by atoms with Crippen LogP contribution >= 0.6 is 0 Å². The highest BCUT2D eigenvalue weighted by molar-refractivity contribution is 5.39. The minimum Gasteiger partial charge on any atom is -0.388 e. The van der Waals surface area contributed by atoms with Crippen molar-refractivity contribution >= 4 is 0 Å². The van der Waals surface area contributed by atoms with Crippen LogP contribution in [0.25, 0.3) is 0 Å². The monoisotopic (exact) mass is 346 g/mol. The lowest BCUT2D eigenvalue weighted by atomic mass is 9.58. The highest BCUT2D eigenvalue weighted by atomic mass is 16.6. The van der Waals surface area contributed by atoms with Gasteiger partial charge >= 0.3 is 0 Å². The fraction of sp³-hybridized carbons (Fsp3) is 0.810. The van der Waals surface area contributed by atoms with E-state index in [0.717, 1.165) is 31.3 Å². The van der Waals surface area contributed by atoms with Crippen LogP contribution in [0.3, 0.4) is 0 Å². The summed E-state index contributed by atoms with van der Waals surface area (Å²) in [5.74, 6) is 0.991. The number of fused-ring (bicyclic) bond motifs is 1. The summed E-state index contributed by atoms with van der Waals surface area (Å²) >= 11 is 0. The normalized spacial score (nSPS) is 61.7. The lowest BCUT2D eigenvalue weighted by Gasteiger charge is -2.47. The molecule has 0 aromatic rings. The summed E-state index contributed by atoms with van der Waals surface area (Å²) in [4.78, 5) is 0. The molecule has 0 aromatic carbocycles. The molecule has 1 saturated heterocycles. The molecule has 0 radical (unpaired) electrons. The first-order valence-corrected chi connectivity index (χ1v) is 9.76. The van der Waals surface area contributed by atoms with Gasteiger partial charge in [-0.15, -0.1) is 0 Å². The summed E-state index contributed by atoms with van der Waals surface area (Å²) < 4.78 is 6.33. The van der Waals surface area contributed by atoms with Crippen LogP contribution in [0, 0.1) is 34.5 Å². The predicted molar refractivity (Wildman–Crippen MR) is 93.4 cm³/mol. The molecule has 2 unspecified atom stereocenters. The summed E-state index contributed by atoms with van der Waals surface area (Å²) in [5.41, 5.74) is -1.03. The predicted octanol–water partition coefficient (Wildman–Crippen LogP) is 2.39. The van der Waals surface area contributed by atoms with Gasteiger partial charge in [-0.3, -0.25) is 0 Å². The molecule has 9 atom stereocenters. The second-order valence-electron chi connectivity index (χ2n) is 10.1. The molecule has 4 nitrogen and oxygen atoms in total. The first-order valence-electron chi connectivity index (χ1n) is 9.76. The van der Waals surface area contributed by atoms with Gasteiger partial charge in [0, 0.05) is 5.92 Å². The third kappa shape index (κ3) is 1.53. The van der Waals surface area contributed by atoms with Crippen LogP contribution in [0.2, 0.25) is 0 Å². The minimum atomic E-state index is -0.952. The van der Waals surface area contributed by atoms with Crippen LogP contribution in [0.15, 0.2) is 24.3 Å². The standard InChI is InChI=1S/C21H30O4/c1-11(2)15-16-18(4)14(22)6-8-21(16,25-17(18)23)13-5-7-20(24)10-19(13,15)9-12(20)3/h6,8,11,13-17,22-24H,3,5,7,9-10H2,1-2,4H3/t13-,14+,15+,16?,17?,18-,19+,20+,21-/m1/s1. The summed E-state index contributed by atoms with van der Waals surface area (Å²) in [6.45, 7) is 10.7. The first-order chi connectivity index (χ1) is 11.6. The number of aliphatic hydroxyl groups excluding tert-OH is 2. The number of hydrogen-bond donors (Lipinski definition) is 3. The van der Waals surface area contributed by atoms with E-state index in [0.29, 0.717) is 5.92 Å². The van der Waals surface area contributed by atoms with Gasteiger partial charge in [0.05, 0.1) is 22.7 Å². The van der Waals surface area contributed by atoms with E-state index >= 15 is 0 Å². The van der Waals surface area contributed by atoms with E-state index in [-0.39, 0.29) is 23.2 Å². The molecule has 1 heterocycles. The SMILES string of the molecule is C=C1C[C@]23C[C@@]1(O)CC[C@H]2[C@@]12C=C[C@H](O)[C@@](C)(C(O)O1)C2[C@@H]3C(C)C. The van der Waals surface area contributed by atoms with E-state index in [9.17, 15) is 15.3 Å². The van der Waals surface area contributed by atoms with E-state index < -0.39 is 29.0 Å². The Morgan fingerprint density at radius 3 is 2.72 bits per heavy atom. The van der Waals surface area contributed by atoms with Crippen molar-refractivity contribution in [2.75, 3.05) is 0 Å². The molecule has 1 spiro atoms. The quantitative estimate of drug-likeness (QED) is 0.638. The van der Waals surface area contributed by atoms with Crippen molar-refractivity contribution in [3.8, 4) is 0 Å². The van der Waals surface area contributed by atoms with Crippen molar-refractivity contribution in [3.05, 3.63) is 24.3 Å². The van der Waals surface area contributed by atoms with E-state index in [1.807, 2.05) is 13.0 Å². The third-order valence-electron chi connectivity index (χ3n) is 8.83. The van der Waals surface area contributed by atoms with Crippen LogP contribution < -0.4 is 0 Å². The van der Waals surface area contributed by atoms with E-state index in [2.05, 4.69) is 26.5 Å². The summed E-state index contributed by atoms with van der Waals surface area (Å²) in [6, 6.07) is 0. The molecule has 4 heteroatoms. The Labute approximate surface area is 149 Å². The first kappa shape index (κ1) is 16.5. The molecular formula is C21H30O4. The molecule has 4 aliphatic carbocycles. The molecule has 0 aromatic heterocycles. The van der Waals surface area contributed by atoms with Crippen molar-refractivity contribution in [2.45, 2.75) is 70.1 Å². The molecular weight excluding hydrogens is 316 g/mol. The summed E-state index contributed by atoms with van der Waals surface area (Å²) in [5, 5.41) is 32.7. The summed E-state index contributed by atoms with van der Waals surface area (Å²) in [7, 11) is 0. The molecule has 4 bridgehead atoms. The molecule has 138 valence electrons. The van der Waals surface area contributed by atoms with Crippen LogP contribution in [0.1, 0.15) is 46.5 Å². The van der Waals surface area contributed by atoms with Gasteiger partial charge in [-0.1, -0.05) is 39.5 Å². The highest BCUT2D eigenvalue weighted by Gasteiger charge is 2.81. The topological polar surface area (TPSA) is 69.9 Å². The molecule has 1 aliphatic heterocycles. The van der Waals surface area contributed by atoms with Crippen molar-refractivity contribution in [3.63, 3.8) is 0 Å². The molecule has 25 heavy (non-hydrogen) atoms. The second-order valence-corrected chi connectivity index (χ2v) is 10.1. The van der Waals surface area contributed by atoms with E-state index in [1.54, 1.807) is 0 Å². The van der Waals surface area contributed by atoms with E-state index in [4.69, 9.17) is 4.74 Å². The van der Waals surface area contributed by atoms with E-state index in [1.165, 1.54) is 0 Å². The Hall–Kier alpha value is -0.680. The maximum Gasteiger partial charge on any atom is 0.164 e. The maximum atomic E-state index is 11.1. The minimum absolute atomic E-state index is 0.0429. The zero-order chi connectivity index (χ0) is 18.0. The Morgan fingerprint density at radius 2 is 2.04 bits per heavy atom. The number of rotatable bonds is 1. The van der Waals surface area contributed by atoms with Gasteiger partial charge in [-0.2, -0.15) is 0 Å². The highest BCUT2D eigenvalue weighted by Crippen LogP contribution is 2.79. The Kier molecular flexibility index (Phi) is 2.91. The van der Waals surface area contributed by atoms with Crippen LogP contribution in [-0.4, -0.2) is 38.9 Å². The number of hydrogen-bond acceptors (Lipinski definition) is 4. The van der Waals surface area contributed by atoms with Crippen LogP contribution in [0.5, 0.6) is 0 Å². The maximum absolute atomic E-state index is 11.1. The lowest BCUT2D eigenvalue weighted by Crippen LogP contribution is -2.51. The fourth-order valence-electron chi connectivity index (χ4n) is 8.04. The van der Waals surface area contributed by atoms with Crippen molar-refractivity contribution in [2.24, 2.45) is 34.5 Å². The molecule has 3 saturated carbocycles. The zero-order valence-electron chi connectivity index (χ0n) is 15.4. The number of ether oxygens (including phenoxy) is 1. The largest absolute Gasteiger partial charge is 0.388 e. The van der Waals surface area contributed by atoms with Gasteiger partial charge in [-0.05, 0) is 54.4 Å². The number of aliphatic hydroxyl groups is 3. The second kappa shape index (κ2) is 4.41.